The lowest BCUT2D eigenvalue weighted by Gasteiger charge is -2.17. The second kappa shape index (κ2) is 6.01. The maximum Gasteiger partial charge on any atom is 0.107 e. The van der Waals surface area contributed by atoms with Crippen LogP contribution in [0.2, 0.25) is 0 Å². The first-order chi connectivity index (χ1) is 7.84. The van der Waals surface area contributed by atoms with E-state index < -0.39 is 0 Å². The summed E-state index contributed by atoms with van der Waals surface area (Å²) in [6.45, 7) is 4.47. The Kier molecular flexibility index (Phi) is 4.36. The zero-order chi connectivity index (χ0) is 11.2. The van der Waals surface area contributed by atoms with E-state index in [0.717, 1.165) is 24.8 Å². The van der Waals surface area contributed by atoms with Crippen molar-refractivity contribution in [2.24, 2.45) is 0 Å². The predicted octanol–water partition coefficient (Wildman–Crippen LogP) is 1.07. The fourth-order valence-electron chi connectivity index (χ4n) is 2.34. The van der Waals surface area contributed by atoms with Crippen LogP contribution in [0.3, 0.4) is 0 Å². The lowest BCUT2D eigenvalue weighted by Crippen LogP contribution is -2.34. The number of nitrogens with one attached hydrogen (secondary N) is 3. The van der Waals surface area contributed by atoms with Gasteiger partial charge >= 0.3 is 0 Å². The van der Waals surface area contributed by atoms with E-state index in [1.54, 1.807) is 6.20 Å². The maximum atomic E-state index is 4.21. The molecular weight excluding hydrogens is 200 g/mol. The van der Waals surface area contributed by atoms with Crippen molar-refractivity contribution >= 4 is 0 Å². The smallest absolute Gasteiger partial charge is 0.107 e. The fraction of sp³-hybridized carbons (Fsp3) is 0.750. The molecule has 4 heteroatoms. The van der Waals surface area contributed by atoms with Crippen molar-refractivity contribution in [3.05, 3.63) is 18.2 Å². The molecule has 0 spiro atoms. The quantitative estimate of drug-likeness (QED) is 0.675. The van der Waals surface area contributed by atoms with Crippen molar-refractivity contribution in [1.82, 2.24) is 20.6 Å². The molecule has 1 aliphatic rings. The molecule has 4 nitrogen and oxygen atoms in total. The molecular formula is C12H22N4. The highest BCUT2D eigenvalue weighted by atomic mass is 15.0. The SMILES string of the molecule is CC(CC1CCCN1)NCCc1ncc[nH]1. The van der Waals surface area contributed by atoms with Crippen LogP contribution in [-0.2, 0) is 6.42 Å². The topological polar surface area (TPSA) is 52.7 Å². The van der Waals surface area contributed by atoms with Gasteiger partial charge in [0.25, 0.3) is 0 Å². The van der Waals surface area contributed by atoms with Crippen LogP contribution in [0.5, 0.6) is 0 Å². The predicted molar refractivity (Wildman–Crippen MR) is 65.4 cm³/mol. The molecule has 3 N–H and O–H groups in total. The van der Waals surface area contributed by atoms with E-state index >= 15 is 0 Å². The highest BCUT2D eigenvalue weighted by Crippen LogP contribution is 2.10. The zero-order valence-corrected chi connectivity index (χ0v) is 10.00. The average Bonchev–Trinajstić information content (AvgIpc) is 2.90. The maximum absolute atomic E-state index is 4.21. The highest BCUT2D eigenvalue weighted by Gasteiger charge is 2.16. The van der Waals surface area contributed by atoms with Gasteiger partial charge in [-0.3, -0.25) is 0 Å². The fourth-order valence-corrected chi connectivity index (χ4v) is 2.34. The van der Waals surface area contributed by atoms with Crippen molar-refractivity contribution < 1.29 is 0 Å². The summed E-state index contributed by atoms with van der Waals surface area (Å²) in [5, 5.41) is 7.08. The molecule has 2 unspecified atom stereocenters. The molecule has 0 aromatic carbocycles. The van der Waals surface area contributed by atoms with E-state index in [4.69, 9.17) is 0 Å². The zero-order valence-electron chi connectivity index (χ0n) is 10.00. The molecule has 1 saturated heterocycles. The number of aromatic amines is 1. The van der Waals surface area contributed by atoms with Crippen molar-refractivity contribution in [3.63, 3.8) is 0 Å². The summed E-state index contributed by atoms with van der Waals surface area (Å²) in [5.74, 6) is 1.07. The number of hydrogen-bond acceptors (Lipinski definition) is 3. The second-order valence-electron chi connectivity index (χ2n) is 4.67. The van der Waals surface area contributed by atoms with Gasteiger partial charge in [-0.15, -0.1) is 0 Å². The lowest BCUT2D eigenvalue weighted by molar-refractivity contribution is 0.441. The van der Waals surface area contributed by atoms with Gasteiger partial charge in [0.2, 0.25) is 0 Å². The summed E-state index contributed by atoms with van der Waals surface area (Å²) >= 11 is 0. The lowest BCUT2D eigenvalue weighted by atomic mass is 10.1. The molecule has 90 valence electrons. The normalized spacial score (nSPS) is 22.4. The molecule has 2 rings (SSSR count). The number of rotatable bonds is 6. The largest absolute Gasteiger partial charge is 0.349 e. The molecule has 1 aliphatic heterocycles. The third-order valence-corrected chi connectivity index (χ3v) is 3.21. The van der Waals surface area contributed by atoms with Gasteiger partial charge in [0.15, 0.2) is 0 Å². The van der Waals surface area contributed by atoms with Crippen LogP contribution in [0, 0.1) is 0 Å². The van der Waals surface area contributed by atoms with Crippen LogP contribution < -0.4 is 10.6 Å². The van der Waals surface area contributed by atoms with Gasteiger partial charge in [-0.2, -0.15) is 0 Å². The minimum atomic E-state index is 0.588. The molecule has 1 fully saturated rings. The molecule has 0 amide bonds. The Morgan fingerprint density at radius 1 is 1.62 bits per heavy atom. The van der Waals surface area contributed by atoms with Crippen molar-refractivity contribution in [2.75, 3.05) is 13.1 Å². The number of imidazole rings is 1. The Bertz CT molecular complexity index is 277. The van der Waals surface area contributed by atoms with Crippen LogP contribution in [0.1, 0.15) is 32.0 Å². The minimum absolute atomic E-state index is 0.588. The molecule has 2 atom stereocenters. The van der Waals surface area contributed by atoms with Gasteiger partial charge in [-0.25, -0.2) is 4.98 Å². The molecule has 0 saturated carbocycles. The Morgan fingerprint density at radius 3 is 3.25 bits per heavy atom. The molecule has 2 heterocycles. The second-order valence-corrected chi connectivity index (χ2v) is 4.67. The number of hydrogen-bond donors (Lipinski definition) is 3. The average molecular weight is 222 g/mol. The van der Waals surface area contributed by atoms with Gasteiger partial charge < -0.3 is 15.6 Å². The van der Waals surface area contributed by atoms with E-state index in [0.29, 0.717) is 6.04 Å². The van der Waals surface area contributed by atoms with Gasteiger partial charge in [0.05, 0.1) is 0 Å². The first-order valence-corrected chi connectivity index (χ1v) is 6.29. The van der Waals surface area contributed by atoms with E-state index in [1.165, 1.54) is 25.8 Å². The third-order valence-electron chi connectivity index (χ3n) is 3.21. The van der Waals surface area contributed by atoms with E-state index in [2.05, 4.69) is 27.5 Å². The molecule has 0 bridgehead atoms. The third kappa shape index (κ3) is 3.61. The van der Waals surface area contributed by atoms with Gasteiger partial charge in [-0.05, 0) is 32.7 Å². The highest BCUT2D eigenvalue weighted by molar-refractivity contribution is 4.88. The molecule has 16 heavy (non-hydrogen) atoms. The van der Waals surface area contributed by atoms with Gasteiger partial charge in [-0.1, -0.05) is 0 Å². The number of H-pyrrole nitrogens is 1. The molecule has 0 aliphatic carbocycles. The number of aromatic nitrogens is 2. The van der Waals surface area contributed by atoms with Crippen LogP contribution in [0.25, 0.3) is 0 Å². The standard InChI is InChI=1S/C12H22N4/c1-10(9-11-3-2-5-14-11)13-6-4-12-15-7-8-16-12/h7-8,10-11,13-14H,2-6,9H2,1H3,(H,15,16). The summed E-state index contributed by atoms with van der Waals surface area (Å²) in [6, 6.07) is 1.32. The molecule has 1 aromatic rings. The Hall–Kier alpha value is -0.870. The van der Waals surface area contributed by atoms with Crippen LogP contribution in [0.15, 0.2) is 12.4 Å². The van der Waals surface area contributed by atoms with Crippen LogP contribution in [0.4, 0.5) is 0 Å². The first-order valence-electron chi connectivity index (χ1n) is 6.29. The van der Waals surface area contributed by atoms with Gasteiger partial charge in [0, 0.05) is 37.4 Å². The minimum Gasteiger partial charge on any atom is -0.349 e. The Balaban J connectivity index is 1.58. The molecule has 0 radical (unpaired) electrons. The Labute approximate surface area is 97.2 Å². The molecule has 1 aromatic heterocycles. The monoisotopic (exact) mass is 222 g/mol. The van der Waals surface area contributed by atoms with Crippen molar-refractivity contribution in [3.8, 4) is 0 Å². The Morgan fingerprint density at radius 2 is 2.56 bits per heavy atom. The summed E-state index contributed by atoms with van der Waals surface area (Å²) in [5.41, 5.74) is 0. The summed E-state index contributed by atoms with van der Waals surface area (Å²) in [4.78, 5) is 7.33. The van der Waals surface area contributed by atoms with Crippen LogP contribution in [-0.4, -0.2) is 35.1 Å². The first kappa shape index (κ1) is 11.6. The van der Waals surface area contributed by atoms with Gasteiger partial charge in [0.1, 0.15) is 5.82 Å². The summed E-state index contributed by atoms with van der Waals surface area (Å²) < 4.78 is 0. The summed E-state index contributed by atoms with van der Waals surface area (Å²) in [7, 11) is 0. The van der Waals surface area contributed by atoms with E-state index in [9.17, 15) is 0 Å². The van der Waals surface area contributed by atoms with E-state index in [1.807, 2.05) is 6.20 Å². The summed E-state index contributed by atoms with van der Waals surface area (Å²) in [6.07, 6.45) is 8.57. The van der Waals surface area contributed by atoms with Crippen LogP contribution >= 0.6 is 0 Å². The van der Waals surface area contributed by atoms with Crippen molar-refractivity contribution in [1.29, 1.82) is 0 Å². The van der Waals surface area contributed by atoms with E-state index in [-0.39, 0.29) is 0 Å². The number of nitrogens with zero attached hydrogens (tertiary/aromatic N) is 1. The van der Waals surface area contributed by atoms with Crippen molar-refractivity contribution in [2.45, 2.75) is 44.7 Å².